The third-order valence-corrected chi connectivity index (χ3v) is 15.8. The van der Waals surface area contributed by atoms with Gasteiger partial charge in [-0.25, -0.2) is 4.79 Å². The monoisotopic (exact) mass is 735 g/mol. The van der Waals surface area contributed by atoms with Crippen LogP contribution >= 0.6 is 0 Å². The Hall–Kier alpha value is -1.05. The quantitative estimate of drug-likeness (QED) is 0.0363. The number of hydrogen-bond acceptors (Lipinski definition) is 2. The van der Waals surface area contributed by atoms with Gasteiger partial charge in [0.15, 0.2) is 0 Å². The number of carbonyl (C=O) groups is 1. The van der Waals surface area contributed by atoms with Gasteiger partial charge in [-0.3, -0.25) is 0 Å². The molecule has 0 amide bonds. The second-order valence-electron chi connectivity index (χ2n) is 20.1. The highest BCUT2D eigenvalue weighted by Gasteiger charge is 2.59. The molecule has 3 fully saturated rings. The van der Waals surface area contributed by atoms with E-state index in [1.54, 1.807) is 11.6 Å². The molecule has 4 aliphatic carbocycles. The number of carbonyl (C=O) groups excluding carboxylic acids is 1. The molecule has 0 radical (unpaired) electrons. The molecule has 4 aliphatic rings. The Labute approximate surface area is 331 Å². The zero-order valence-corrected chi connectivity index (χ0v) is 36.5. The van der Waals surface area contributed by atoms with E-state index in [0.29, 0.717) is 10.8 Å². The minimum atomic E-state index is -0.112. The van der Waals surface area contributed by atoms with Crippen molar-refractivity contribution in [2.45, 2.75) is 247 Å². The highest BCUT2D eigenvalue weighted by atomic mass is 16.5. The van der Waals surface area contributed by atoms with E-state index in [-0.39, 0.29) is 12.1 Å². The molecule has 0 saturated heterocycles. The van der Waals surface area contributed by atoms with Crippen molar-refractivity contribution in [1.82, 2.24) is 0 Å². The summed E-state index contributed by atoms with van der Waals surface area (Å²) >= 11 is 0. The number of rotatable bonds is 27. The molecule has 0 heterocycles. The van der Waals surface area contributed by atoms with Crippen LogP contribution in [-0.2, 0) is 9.53 Å². The van der Waals surface area contributed by atoms with Crippen LogP contribution in [0.15, 0.2) is 23.8 Å². The lowest BCUT2D eigenvalue weighted by Gasteiger charge is -2.58. The Morgan fingerprint density at radius 1 is 0.717 bits per heavy atom. The molecule has 0 bridgehead atoms. The summed E-state index contributed by atoms with van der Waals surface area (Å²) in [6, 6.07) is 0. The van der Waals surface area contributed by atoms with E-state index in [2.05, 4.69) is 53.7 Å². The lowest BCUT2D eigenvalue weighted by atomic mass is 9.47. The van der Waals surface area contributed by atoms with Crippen LogP contribution in [0, 0.1) is 46.3 Å². The van der Waals surface area contributed by atoms with E-state index >= 15 is 0 Å². The van der Waals surface area contributed by atoms with Crippen LogP contribution in [0.3, 0.4) is 0 Å². The molecular weight excluding hydrogens is 645 g/mol. The molecule has 0 aromatic heterocycles. The molecule has 0 aromatic carbocycles. The third kappa shape index (κ3) is 13.8. The van der Waals surface area contributed by atoms with Gasteiger partial charge in [-0.15, -0.1) is 0 Å². The average molecular weight is 735 g/mol. The average Bonchev–Trinajstić information content (AvgIpc) is 3.49. The van der Waals surface area contributed by atoms with Crippen molar-refractivity contribution in [3.63, 3.8) is 0 Å². The van der Waals surface area contributed by atoms with E-state index in [0.717, 1.165) is 54.8 Å². The predicted octanol–water partition coefficient (Wildman–Crippen LogP) is 16.3. The van der Waals surface area contributed by atoms with E-state index in [4.69, 9.17) is 4.74 Å². The summed E-state index contributed by atoms with van der Waals surface area (Å²) in [7, 11) is 0. The maximum Gasteiger partial charge on any atom is 0.330 e. The second-order valence-corrected chi connectivity index (χ2v) is 20.1. The molecule has 4 rings (SSSR count). The van der Waals surface area contributed by atoms with Gasteiger partial charge in [0.1, 0.15) is 6.10 Å². The molecule has 0 aliphatic heterocycles. The molecule has 8 atom stereocenters. The Morgan fingerprint density at radius 2 is 1.30 bits per heavy atom. The van der Waals surface area contributed by atoms with Crippen molar-refractivity contribution in [2.24, 2.45) is 46.3 Å². The van der Waals surface area contributed by atoms with Crippen LogP contribution in [0.25, 0.3) is 0 Å². The van der Waals surface area contributed by atoms with Crippen molar-refractivity contribution in [2.75, 3.05) is 0 Å². The topological polar surface area (TPSA) is 26.3 Å². The van der Waals surface area contributed by atoms with Crippen molar-refractivity contribution >= 4 is 5.97 Å². The summed E-state index contributed by atoms with van der Waals surface area (Å²) in [5.41, 5.74) is 2.49. The zero-order valence-electron chi connectivity index (χ0n) is 36.5. The summed E-state index contributed by atoms with van der Waals surface area (Å²) in [4.78, 5) is 12.8. The van der Waals surface area contributed by atoms with Crippen LogP contribution < -0.4 is 0 Å². The van der Waals surface area contributed by atoms with Crippen LogP contribution in [0.1, 0.15) is 241 Å². The molecule has 0 aromatic rings. The van der Waals surface area contributed by atoms with Gasteiger partial charge >= 0.3 is 5.97 Å². The molecular formula is C51H90O2. The highest BCUT2D eigenvalue weighted by molar-refractivity contribution is 5.82. The molecule has 2 heteroatoms. The summed E-state index contributed by atoms with van der Waals surface area (Å²) in [5.74, 6) is 5.11. The number of hydrogen-bond donors (Lipinski definition) is 0. The summed E-state index contributed by atoms with van der Waals surface area (Å²) in [6.45, 7) is 14.9. The summed E-state index contributed by atoms with van der Waals surface area (Å²) in [6.07, 6.45) is 48.8. The van der Waals surface area contributed by atoms with E-state index in [9.17, 15) is 4.79 Å². The number of fused-ring (bicyclic) bond motifs is 5. The molecule has 3 saturated carbocycles. The maximum absolute atomic E-state index is 12.8. The van der Waals surface area contributed by atoms with Crippen LogP contribution in [-0.4, -0.2) is 12.1 Å². The molecule has 0 spiro atoms. The van der Waals surface area contributed by atoms with Crippen molar-refractivity contribution in [3.8, 4) is 0 Å². The fourth-order valence-corrected chi connectivity index (χ4v) is 12.5. The van der Waals surface area contributed by atoms with Gasteiger partial charge in [0.25, 0.3) is 0 Å². The van der Waals surface area contributed by atoms with E-state index in [1.165, 1.54) is 180 Å². The van der Waals surface area contributed by atoms with Crippen LogP contribution in [0.2, 0.25) is 0 Å². The first-order chi connectivity index (χ1) is 25.7. The van der Waals surface area contributed by atoms with Crippen molar-refractivity contribution in [1.29, 1.82) is 0 Å². The lowest BCUT2D eigenvalue weighted by Crippen LogP contribution is -2.51. The molecule has 2 nitrogen and oxygen atoms in total. The highest BCUT2D eigenvalue weighted by Crippen LogP contribution is 2.67. The van der Waals surface area contributed by atoms with Crippen LogP contribution in [0.4, 0.5) is 0 Å². The number of unbranched alkanes of at least 4 members (excludes halogenated alkanes) is 19. The SMILES string of the molecule is CCCCCCCCCCCCCCCCCCCCCC=CC(=O)OC1CC[C@@]2(C)C(=CC[C@H]3[C@@H]4CC[C@H]([C@H](C)CCCC(C)C)[C@@]4(C)CC[C@@H]32)C1. The van der Waals surface area contributed by atoms with Gasteiger partial charge in [0.05, 0.1) is 0 Å². The van der Waals surface area contributed by atoms with Crippen molar-refractivity contribution < 1.29 is 9.53 Å². The number of ether oxygens (including phenoxy) is 1. The van der Waals surface area contributed by atoms with E-state index in [1.807, 2.05) is 0 Å². The predicted molar refractivity (Wildman–Crippen MR) is 230 cm³/mol. The minimum absolute atomic E-state index is 0.0642. The first-order valence-corrected chi connectivity index (χ1v) is 24.3. The smallest absolute Gasteiger partial charge is 0.330 e. The normalized spacial score (nSPS) is 30.2. The Bertz CT molecular complexity index is 1070. The van der Waals surface area contributed by atoms with Gasteiger partial charge in [-0.2, -0.15) is 0 Å². The Kier molecular flexibility index (Phi) is 20.1. The van der Waals surface area contributed by atoms with Gasteiger partial charge in [-0.05, 0) is 104 Å². The first-order valence-electron chi connectivity index (χ1n) is 24.3. The molecule has 53 heavy (non-hydrogen) atoms. The largest absolute Gasteiger partial charge is 0.459 e. The molecule has 1 unspecified atom stereocenters. The van der Waals surface area contributed by atoms with Gasteiger partial charge in [-0.1, -0.05) is 194 Å². The fraction of sp³-hybridized carbons (Fsp3) is 0.902. The second kappa shape index (κ2) is 23.9. The Balaban J connectivity index is 1.03. The first kappa shape index (κ1) is 44.7. The van der Waals surface area contributed by atoms with Crippen molar-refractivity contribution in [3.05, 3.63) is 23.8 Å². The minimum Gasteiger partial charge on any atom is -0.459 e. The molecule has 306 valence electrons. The Morgan fingerprint density at radius 3 is 1.89 bits per heavy atom. The zero-order chi connectivity index (χ0) is 37.9. The summed E-state index contributed by atoms with van der Waals surface area (Å²) in [5, 5.41) is 0. The van der Waals surface area contributed by atoms with Gasteiger partial charge < -0.3 is 4.74 Å². The number of allylic oxidation sites excluding steroid dienone is 2. The van der Waals surface area contributed by atoms with Gasteiger partial charge in [0, 0.05) is 12.5 Å². The van der Waals surface area contributed by atoms with E-state index < -0.39 is 0 Å². The van der Waals surface area contributed by atoms with Gasteiger partial charge in [0.2, 0.25) is 0 Å². The summed E-state index contributed by atoms with van der Waals surface area (Å²) < 4.78 is 6.07. The third-order valence-electron chi connectivity index (χ3n) is 15.8. The standard InChI is InChI=1S/C51H90O2/c1-7-8-9-10-11-12-13-14-15-16-17-18-19-20-21-22-23-24-25-26-27-31-49(52)53-44-36-38-50(5)43(40-44)32-33-45-47-35-34-46(42(4)30-28-29-41(2)3)51(47,6)39-37-48(45)50/h27,31-32,41-42,44-48H,7-26,28-30,33-40H2,1-6H3/t42-,44?,45+,46-,47+,48+,50+,51-/m1/s1. The van der Waals surface area contributed by atoms with Crippen LogP contribution in [0.5, 0.6) is 0 Å². The fourth-order valence-electron chi connectivity index (χ4n) is 12.5. The number of esters is 1. The molecule has 0 N–H and O–H groups in total. The lowest BCUT2D eigenvalue weighted by molar-refractivity contribution is -0.145. The maximum atomic E-state index is 12.8.